The molecule has 116 valence electrons. The number of nitrogens with one attached hydrogen (secondary N) is 1. The van der Waals surface area contributed by atoms with Crippen LogP contribution >= 0.6 is 27.5 Å². The maximum atomic E-state index is 11.8. The Bertz CT molecular complexity index is 538. The molecule has 0 aromatic heterocycles. The Kier molecular flexibility index (Phi) is 4.73. The van der Waals surface area contributed by atoms with Crippen LogP contribution in [0, 0.1) is 0 Å². The number of hydrogen-bond donors (Lipinski definition) is 1. The van der Waals surface area contributed by atoms with E-state index >= 15 is 0 Å². The van der Waals surface area contributed by atoms with E-state index in [1.165, 1.54) is 0 Å². The second-order valence-corrected chi connectivity index (χ2v) is 7.56. The molecule has 0 spiro atoms. The monoisotopic (exact) mass is 375 g/mol. The summed E-state index contributed by atoms with van der Waals surface area (Å²) in [5.41, 5.74) is -0.818. The predicted molar refractivity (Wildman–Crippen MR) is 86.0 cm³/mol. The largest absolute Gasteiger partial charge is 0.490 e. The number of rotatable bonds is 4. The van der Waals surface area contributed by atoms with Crippen LogP contribution < -0.4 is 10.1 Å². The summed E-state index contributed by atoms with van der Waals surface area (Å²) in [4.78, 5) is 11.8. The molecule has 0 unspecified atom stereocenters. The van der Waals surface area contributed by atoms with E-state index in [4.69, 9.17) is 21.1 Å². The van der Waals surface area contributed by atoms with E-state index in [1.54, 1.807) is 18.2 Å². The summed E-state index contributed by atoms with van der Waals surface area (Å²) in [5, 5.41) is 3.54. The highest BCUT2D eigenvalue weighted by Crippen LogP contribution is 2.37. The molecule has 21 heavy (non-hydrogen) atoms. The Morgan fingerprint density at radius 1 is 1.43 bits per heavy atom. The van der Waals surface area contributed by atoms with Crippen LogP contribution in [0.15, 0.2) is 22.7 Å². The zero-order valence-electron chi connectivity index (χ0n) is 12.3. The molecular formula is C15H19BrClNO3. The molecule has 0 aliphatic heterocycles. The van der Waals surface area contributed by atoms with Gasteiger partial charge in [0.15, 0.2) is 0 Å². The minimum atomic E-state index is -0.500. The highest BCUT2D eigenvalue weighted by atomic mass is 79.9. The molecule has 1 fully saturated rings. The Morgan fingerprint density at radius 2 is 2.10 bits per heavy atom. The lowest BCUT2D eigenvalue weighted by atomic mass is 10.2. The number of benzene rings is 1. The van der Waals surface area contributed by atoms with Gasteiger partial charge in [0.1, 0.15) is 18.0 Å². The standard InChI is InChI=1S/C15H19BrClNO3/c1-14(2,3)21-13(19)18-15(6-7-15)9-20-12-5-4-10(17)8-11(12)16/h4-5,8H,6-7,9H2,1-3H3,(H,18,19). The Labute approximate surface area is 138 Å². The number of alkyl carbamates (subject to hydrolysis) is 1. The van der Waals surface area contributed by atoms with Crippen molar-refractivity contribution in [3.63, 3.8) is 0 Å². The Hall–Kier alpha value is -0.940. The highest BCUT2D eigenvalue weighted by molar-refractivity contribution is 9.10. The normalized spacial score (nSPS) is 16.2. The van der Waals surface area contributed by atoms with Crippen LogP contribution in [0.4, 0.5) is 4.79 Å². The average molecular weight is 377 g/mol. The fourth-order valence-electron chi connectivity index (χ4n) is 1.78. The quantitative estimate of drug-likeness (QED) is 0.839. The topological polar surface area (TPSA) is 47.6 Å². The van der Waals surface area contributed by atoms with Gasteiger partial charge in [-0.15, -0.1) is 0 Å². The molecule has 1 aromatic carbocycles. The van der Waals surface area contributed by atoms with Gasteiger partial charge in [0.2, 0.25) is 0 Å². The van der Waals surface area contributed by atoms with Crippen molar-refractivity contribution < 1.29 is 14.3 Å². The maximum Gasteiger partial charge on any atom is 0.408 e. The minimum Gasteiger partial charge on any atom is -0.490 e. The molecule has 0 radical (unpaired) electrons. The van der Waals surface area contributed by atoms with Crippen LogP contribution in [0.5, 0.6) is 5.75 Å². The smallest absolute Gasteiger partial charge is 0.408 e. The first kappa shape index (κ1) is 16.4. The van der Waals surface area contributed by atoms with E-state index in [0.29, 0.717) is 17.4 Å². The van der Waals surface area contributed by atoms with E-state index in [-0.39, 0.29) is 5.54 Å². The van der Waals surface area contributed by atoms with Gasteiger partial charge in [-0.25, -0.2) is 4.79 Å². The molecule has 2 rings (SSSR count). The first-order chi connectivity index (χ1) is 9.69. The number of halogens is 2. The van der Waals surface area contributed by atoms with Gasteiger partial charge in [-0.05, 0) is 67.7 Å². The number of carbonyl (C=O) groups is 1. The van der Waals surface area contributed by atoms with Crippen molar-refractivity contribution in [1.82, 2.24) is 5.32 Å². The lowest BCUT2D eigenvalue weighted by Crippen LogP contribution is -2.44. The molecule has 4 nitrogen and oxygen atoms in total. The second kappa shape index (κ2) is 6.05. The number of hydrogen-bond acceptors (Lipinski definition) is 3. The molecule has 1 aromatic rings. The van der Waals surface area contributed by atoms with Crippen molar-refractivity contribution in [2.75, 3.05) is 6.61 Å². The summed E-state index contributed by atoms with van der Waals surface area (Å²) in [6, 6.07) is 5.34. The van der Waals surface area contributed by atoms with Crippen molar-refractivity contribution >= 4 is 33.6 Å². The fraction of sp³-hybridized carbons (Fsp3) is 0.533. The van der Waals surface area contributed by atoms with Crippen molar-refractivity contribution in [2.24, 2.45) is 0 Å². The van der Waals surface area contributed by atoms with E-state index in [1.807, 2.05) is 20.8 Å². The third-order valence-corrected chi connectivity index (χ3v) is 3.87. The summed E-state index contributed by atoms with van der Waals surface area (Å²) in [7, 11) is 0. The van der Waals surface area contributed by atoms with Gasteiger partial charge in [0.05, 0.1) is 10.0 Å². The summed E-state index contributed by atoms with van der Waals surface area (Å²) in [5.74, 6) is 0.705. The summed E-state index contributed by atoms with van der Waals surface area (Å²) >= 11 is 9.29. The molecule has 0 bridgehead atoms. The average Bonchev–Trinajstić information content (AvgIpc) is 3.05. The summed E-state index contributed by atoms with van der Waals surface area (Å²) < 4.78 is 11.8. The molecule has 1 aliphatic rings. The third-order valence-electron chi connectivity index (χ3n) is 3.02. The van der Waals surface area contributed by atoms with E-state index in [9.17, 15) is 4.79 Å². The molecule has 1 saturated carbocycles. The highest BCUT2D eigenvalue weighted by Gasteiger charge is 2.46. The molecule has 1 amide bonds. The van der Waals surface area contributed by atoms with Gasteiger partial charge in [-0.1, -0.05) is 11.6 Å². The van der Waals surface area contributed by atoms with Crippen LogP contribution in [0.1, 0.15) is 33.6 Å². The fourth-order valence-corrected chi connectivity index (χ4v) is 2.58. The molecule has 1 N–H and O–H groups in total. The summed E-state index contributed by atoms with van der Waals surface area (Å²) in [6.45, 7) is 5.93. The van der Waals surface area contributed by atoms with E-state index in [0.717, 1.165) is 17.3 Å². The summed E-state index contributed by atoms with van der Waals surface area (Å²) in [6.07, 6.45) is 1.37. The van der Waals surface area contributed by atoms with Gasteiger partial charge in [0.25, 0.3) is 0 Å². The van der Waals surface area contributed by atoms with Crippen molar-refractivity contribution in [1.29, 1.82) is 0 Å². The first-order valence-electron chi connectivity index (χ1n) is 6.78. The molecule has 0 saturated heterocycles. The van der Waals surface area contributed by atoms with Crippen LogP contribution in [0.3, 0.4) is 0 Å². The lowest BCUT2D eigenvalue weighted by Gasteiger charge is -2.23. The van der Waals surface area contributed by atoms with Gasteiger partial charge in [-0.2, -0.15) is 0 Å². The van der Waals surface area contributed by atoms with Gasteiger partial charge < -0.3 is 14.8 Å². The molecular weight excluding hydrogens is 358 g/mol. The number of amides is 1. The van der Waals surface area contributed by atoms with Crippen LogP contribution in [-0.4, -0.2) is 23.8 Å². The maximum absolute atomic E-state index is 11.8. The predicted octanol–water partition coefficient (Wildman–Crippen LogP) is 4.54. The van der Waals surface area contributed by atoms with Crippen LogP contribution in [0.25, 0.3) is 0 Å². The molecule has 0 heterocycles. The molecule has 6 heteroatoms. The third kappa shape index (κ3) is 5.08. The Balaban J connectivity index is 1.89. The van der Waals surface area contributed by atoms with Crippen LogP contribution in [0.2, 0.25) is 5.02 Å². The van der Waals surface area contributed by atoms with Gasteiger partial charge >= 0.3 is 6.09 Å². The van der Waals surface area contributed by atoms with Crippen molar-refractivity contribution in [2.45, 2.75) is 44.8 Å². The zero-order chi connectivity index (χ0) is 15.7. The minimum absolute atomic E-state index is 0.318. The Morgan fingerprint density at radius 3 is 2.62 bits per heavy atom. The lowest BCUT2D eigenvalue weighted by molar-refractivity contribution is 0.0477. The van der Waals surface area contributed by atoms with Gasteiger partial charge in [0, 0.05) is 5.02 Å². The van der Waals surface area contributed by atoms with Gasteiger partial charge in [-0.3, -0.25) is 0 Å². The number of ether oxygens (including phenoxy) is 2. The number of carbonyl (C=O) groups excluding carboxylic acids is 1. The van der Waals surface area contributed by atoms with Crippen molar-refractivity contribution in [3.8, 4) is 5.75 Å². The molecule has 0 atom stereocenters. The van der Waals surface area contributed by atoms with E-state index < -0.39 is 11.7 Å². The van der Waals surface area contributed by atoms with Crippen molar-refractivity contribution in [3.05, 3.63) is 27.7 Å². The first-order valence-corrected chi connectivity index (χ1v) is 7.95. The van der Waals surface area contributed by atoms with E-state index in [2.05, 4.69) is 21.2 Å². The van der Waals surface area contributed by atoms with Crippen LogP contribution in [-0.2, 0) is 4.74 Å². The molecule has 1 aliphatic carbocycles. The zero-order valence-corrected chi connectivity index (χ0v) is 14.7. The second-order valence-electron chi connectivity index (χ2n) is 6.27. The SMILES string of the molecule is CC(C)(C)OC(=O)NC1(COc2ccc(Cl)cc2Br)CC1.